The zero-order valence-corrected chi connectivity index (χ0v) is 19.2. The molecule has 170 valence electrons. The molecule has 34 heavy (non-hydrogen) atoms. The van der Waals surface area contributed by atoms with E-state index in [0.717, 1.165) is 16.7 Å². The second-order valence-corrected chi connectivity index (χ2v) is 9.32. The Morgan fingerprint density at radius 1 is 1.06 bits per heavy atom. The van der Waals surface area contributed by atoms with Gasteiger partial charge in [0.05, 0.1) is 16.7 Å². The molecule has 8 nitrogen and oxygen atoms in total. The fraction of sp³-hybridized carbons (Fsp3) is 0.160. The number of hydrogen-bond acceptors (Lipinski definition) is 7. The summed E-state index contributed by atoms with van der Waals surface area (Å²) in [7, 11) is 0. The first-order chi connectivity index (χ1) is 16.3. The van der Waals surface area contributed by atoms with E-state index in [2.05, 4.69) is 20.5 Å². The molecular formula is C25H20N4O4S. The zero-order chi connectivity index (χ0) is 23.9. The number of aromatic carboxylic acids is 1. The molecule has 2 aromatic heterocycles. The van der Waals surface area contributed by atoms with Crippen LogP contribution in [-0.4, -0.2) is 32.2 Å². The smallest absolute Gasteiger partial charge is 0.337 e. The summed E-state index contributed by atoms with van der Waals surface area (Å²) < 4.78 is 6.24. The summed E-state index contributed by atoms with van der Waals surface area (Å²) in [5.41, 5.74) is 4.05. The van der Waals surface area contributed by atoms with Crippen molar-refractivity contribution < 1.29 is 19.4 Å². The van der Waals surface area contributed by atoms with Crippen LogP contribution in [0.15, 0.2) is 66.3 Å². The molecule has 0 aliphatic carbocycles. The number of nitrogens with one attached hydrogen (secondary N) is 1. The van der Waals surface area contributed by atoms with Gasteiger partial charge in [-0.15, -0.1) is 10.2 Å². The van der Waals surface area contributed by atoms with E-state index in [0.29, 0.717) is 22.3 Å². The van der Waals surface area contributed by atoms with Gasteiger partial charge in [0.25, 0.3) is 0 Å². The number of carbonyl (C=O) groups is 2. The summed E-state index contributed by atoms with van der Waals surface area (Å²) in [5, 5.41) is 20.2. The first kappa shape index (κ1) is 21.7. The molecule has 1 aliphatic heterocycles. The third-order valence-electron chi connectivity index (χ3n) is 5.97. The van der Waals surface area contributed by atoms with Crippen LogP contribution < -0.4 is 10.1 Å². The van der Waals surface area contributed by atoms with Crippen molar-refractivity contribution in [1.82, 2.24) is 15.2 Å². The van der Waals surface area contributed by atoms with Gasteiger partial charge in [-0.2, -0.15) is 0 Å². The Labute approximate surface area is 199 Å². The summed E-state index contributed by atoms with van der Waals surface area (Å²) in [6.07, 6.45) is 1.33. The summed E-state index contributed by atoms with van der Waals surface area (Å²) in [5.74, 6) is -0.171. The van der Waals surface area contributed by atoms with Crippen LogP contribution in [0.25, 0.3) is 11.3 Å². The molecule has 4 aromatic rings. The van der Waals surface area contributed by atoms with Crippen molar-refractivity contribution in [3.05, 3.63) is 83.0 Å². The maximum atomic E-state index is 13.4. The lowest BCUT2D eigenvalue weighted by atomic mass is 9.69. The molecule has 2 N–H and O–H groups in total. The molecule has 1 amide bonds. The maximum absolute atomic E-state index is 13.4. The second-order valence-electron chi connectivity index (χ2n) is 8.48. The molecule has 0 saturated heterocycles. The lowest BCUT2D eigenvalue weighted by Crippen LogP contribution is -2.38. The number of benzene rings is 2. The number of amides is 1. The number of rotatable bonds is 5. The molecule has 0 saturated carbocycles. The first-order valence-electron chi connectivity index (χ1n) is 10.5. The molecule has 0 spiro atoms. The minimum atomic E-state index is -1.03. The third-order valence-corrected chi connectivity index (χ3v) is 6.57. The summed E-state index contributed by atoms with van der Waals surface area (Å²) in [4.78, 5) is 28.8. The summed E-state index contributed by atoms with van der Waals surface area (Å²) >= 11 is 1.26. The molecule has 5 rings (SSSR count). The van der Waals surface area contributed by atoms with Crippen LogP contribution in [0.1, 0.15) is 41.3 Å². The van der Waals surface area contributed by atoms with Crippen molar-refractivity contribution in [2.75, 3.05) is 5.32 Å². The lowest BCUT2D eigenvalue weighted by Gasteiger charge is -2.38. The Bertz CT molecular complexity index is 1380. The van der Waals surface area contributed by atoms with Gasteiger partial charge in [-0.1, -0.05) is 55.5 Å². The van der Waals surface area contributed by atoms with Gasteiger partial charge in [0.2, 0.25) is 11.0 Å². The number of hydrogen-bond donors (Lipinski definition) is 2. The summed E-state index contributed by atoms with van der Waals surface area (Å²) in [6, 6.07) is 16.6. The molecule has 0 radical (unpaired) electrons. The zero-order valence-electron chi connectivity index (χ0n) is 18.4. The van der Waals surface area contributed by atoms with Crippen LogP contribution in [0.3, 0.4) is 0 Å². The van der Waals surface area contributed by atoms with Crippen LogP contribution in [0.5, 0.6) is 11.5 Å². The molecular weight excluding hydrogens is 452 g/mol. The van der Waals surface area contributed by atoms with Crippen LogP contribution >= 0.6 is 11.3 Å². The normalized spacial score (nSPS) is 14.5. The van der Waals surface area contributed by atoms with Crippen LogP contribution in [0.4, 0.5) is 5.13 Å². The Balaban J connectivity index is 1.56. The van der Waals surface area contributed by atoms with E-state index in [1.165, 1.54) is 23.6 Å². The monoisotopic (exact) mass is 472 g/mol. The average molecular weight is 473 g/mol. The number of carboxylic acids is 1. The molecule has 9 heteroatoms. The van der Waals surface area contributed by atoms with Crippen molar-refractivity contribution in [3.63, 3.8) is 0 Å². The number of carbonyl (C=O) groups excluding carboxylic acids is 1. The Morgan fingerprint density at radius 3 is 2.56 bits per heavy atom. The number of nitrogens with zero attached hydrogens (tertiary/aromatic N) is 3. The van der Waals surface area contributed by atoms with E-state index in [9.17, 15) is 9.59 Å². The van der Waals surface area contributed by atoms with Crippen LogP contribution in [0, 0.1) is 5.41 Å². The van der Waals surface area contributed by atoms with E-state index < -0.39 is 11.4 Å². The van der Waals surface area contributed by atoms with E-state index in [1.54, 1.807) is 11.6 Å². The first-order valence-corrected chi connectivity index (χ1v) is 11.4. The number of ether oxygens (including phenoxy) is 1. The van der Waals surface area contributed by atoms with Gasteiger partial charge in [0.1, 0.15) is 17.0 Å². The van der Waals surface area contributed by atoms with Gasteiger partial charge in [-0.05, 0) is 24.3 Å². The number of fused-ring (bicyclic) bond motifs is 2. The van der Waals surface area contributed by atoms with Crippen molar-refractivity contribution >= 4 is 28.3 Å². The standard InChI is InChI=1S/C25H20N4O4S/c1-25(2,23(32)28-24-29-27-13-34-24)21-16-5-3-4-6-19(16)33-20-11-14(7-9-17(20)21)18-10-8-15(12-26-18)22(30)31/h3-13,21H,1-2H3,(H,30,31)(H,28,29,32). The van der Waals surface area contributed by atoms with Gasteiger partial charge in [0, 0.05) is 28.8 Å². The molecule has 3 heterocycles. The van der Waals surface area contributed by atoms with Gasteiger partial charge in [0.15, 0.2) is 0 Å². The average Bonchev–Trinajstić information content (AvgIpc) is 3.35. The largest absolute Gasteiger partial charge is 0.478 e. The predicted molar refractivity (Wildman–Crippen MR) is 127 cm³/mol. The van der Waals surface area contributed by atoms with E-state index in [1.807, 2.05) is 56.3 Å². The molecule has 1 aliphatic rings. The topological polar surface area (TPSA) is 114 Å². The highest BCUT2D eigenvalue weighted by atomic mass is 32.1. The van der Waals surface area contributed by atoms with Crippen molar-refractivity contribution in [1.29, 1.82) is 0 Å². The van der Waals surface area contributed by atoms with Crippen molar-refractivity contribution in [2.45, 2.75) is 19.8 Å². The number of carboxylic acid groups (broad SMARTS) is 1. The number of aromatic nitrogens is 3. The minimum Gasteiger partial charge on any atom is -0.478 e. The maximum Gasteiger partial charge on any atom is 0.337 e. The second kappa shape index (κ2) is 8.35. The Morgan fingerprint density at radius 2 is 1.85 bits per heavy atom. The number of pyridine rings is 1. The fourth-order valence-electron chi connectivity index (χ4n) is 4.20. The minimum absolute atomic E-state index is 0.121. The van der Waals surface area contributed by atoms with E-state index >= 15 is 0 Å². The molecule has 1 unspecified atom stereocenters. The summed E-state index contributed by atoms with van der Waals surface area (Å²) in [6.45, 7) is 3.81. The Kier molecular flexibility index (Phi) is 5.33. The molecule has 1 atom stereocenters. The number of anilines is 1. The van der Waals surface area contributed by atoms with Crippen molar-refractivity contribution in [2.24, 2.45) is 5.41 Å². The van der Waals surface area contributed by atoms with Crippen LogP contribution in [0.2, 0.25) is 0 Å². The van der Waals surface area contributed by atoms with Gasteiger partial charge >= 0.3 is 5.97 Å². The quantitative estimate of drug-likeness (QED) is 0.410. The lowest BCUT2D eigenvalue weighted by molar-refractivity contribution is -0.124. The van der Waals surface area contributed by atoms with Gasteiger partial charge < -0.3 is 15.2 Å². The third kappa shape index (κ3) is 3.80. The van der Waals surface area contributed by atoms with E-state index in [4.69, 9.17) is 9.84 Å². The fourth-order valence-corrected chi connectivity index (χ4v) is 4.64. The number of para-hydroxylation sites is 1. The van der Waals surface area contributed by atoms with Gasteiger partial charge in [-0.3, -0.25) is 9.78 Å². The Hall–Kier alpha value is -4.11. The molecule has 2 aromatic carbocycles. The highest BCUT2D eigenvalue weighted by molar-refractivity contribution is 7.13. The molecule has 0 fully saturated rings. The highest BCUT2D eigenvalue weighted by Crippen LogP contribution is 2.52. The highest BCUT2D eigenvalue weighted by Gasteiger charge is 2.43. The predicted octanol–water partition coefficient (Wildman–Crippen LogP) is 5.20. The molecule has 0 bridgehead atoms. The van der Waals surface area contributed by atoms with E-state index in [-0.39, 0.29) is 17.4 Å². The van der Waals surface area contributed by atoms with Gasteiger partial charge in [-0.25, -0.2) is 4.79 Å². The van der Waals surface area contributed by atoms with Crippen molar-refractivity contribution in [3.8, 4) is 22.8 Å². The SMILES string of the molecule is CC(C)(C(=O)Nc1nncs1)C1c2ccccc2Oc2cc(-c3ccc(C(=O)O)cn3)ccc21. The van der Waals surface area contributed by atoms with Crippen LogP contribution in [-0.2, 0) is 4.79 Å².